The summed E-state index contributed by atoms with van der Waals surface area (Å²) >= 11 is 0. The molecule has 2 heterocycles. The number of imidazole rings is 1. The molecule has 0 saturated heterocycles. The van der Waals surface area contributed by atoms with Gasteiger partial charge >= 0.3 is 6.18 Å². The zero-order valence-corrected chi connectivity index (χ0v) is 18.0. The van der Waals surface area contributed by atoms with Crippen LogP contribution in [0.3, 0.4) is 0 Å². The standard InChI is InChI=1S/C25H20F3N5O/c26-25(27,28)22-8-4-19(5-9-22)3-6-20-17-21(7-10-23(20)33-15-2-12-31-33)24(34)30-11-1-14-32-16-13-29-18-32/h2,4-5,7-10,12-13,15-18H,1,11,14H2,(H,30,34). The molecule has 0 aliphatic heterocycles. The Bertz CT molecular complexity index is 1300. The number of aryl methyl sites for hydroxylation is 1. The fourth-order valence-corrected chi connectivity index (χ4v) is 3.26. The Kier molecular flexibility index (Phi) is 6.78. The van der Waals surface area contributed by atoms with Gasteiger partial charge in [-0.1, -0.05) is 11.8 Å². The first kappa shape index (κ1) is 22.9. The van der Waals surface area contributed by atoms with E-state index in [9.17, 15) is 18.0 Å². The van der Waals surface area contributed by atoms with Crippen molar-refractivity contribution in [3.63, 3.8) is 0 Å². The van der Waals surface area contributed by atoms with Gasteiger partial charge in [0.25, 0.3) is 5.91 Å². The van der Waals surface area contributed by atoms with E-state index >= 15 is 0 Å². The second kappa shape index (κ2) is 10.1. The molecule has 0 saturated carbocycles. The van der Waals surface area contributed by atoms with E-state index in [0.29, 0.717) is 28.9 Å². The molecule has 2 aromatic heterocycles. The number of benzene rings is 2. The van der Waals surface area contributed by atoms with Crippen LogP contribution in [0.25, 0.3) is 5.69 Å². The number of hydrogen-bond donors (Lipinski definition) is 1. The van der Waals surface area contributed by atoms with Crippen molar-refractivity contribution < 1.29 is 18.0 Å². The fourth-order valence-electron chi connectivity index (χ4n) is 3.26. The molecule has 34 heavy (non-hydrogen) atoms. The molecule has 1 N–H and O–H groups in total. The van der Waals surface area contributed by atoms with Gasteiger partial charge in [0, 0.05) is 49.0 Å². The fraction of sp³-hybridized carbons (Fsp3) is 0.160. The topological polar surface area (TPSA) is 64.7 Å². The highest BCUT2D eigenvalue weighted by Gasteiger charge is 2.29. The Morgan fingerprint density at radius 2 is 1.85 bits per heavy atom. The molecule has 4 aromatic rings. The Morgan fingerprint density at radius 3 is 2.53 bits per heavy atom. The molecule has 0 radical (unpaired) electrons. The number of nitrogens with one attached hydrogen (secondary N) is 1. The second-order valence-corrected chi connectivity index (χ2v) is 7.42. The Morgan fingerprint density at radius 1 is 1.03 bits per heavy atom. The zero-order chi connectivity index (χ0) is 24.0. The van der Waals surface area contributed by atoms with Crippen molar-refractivity contribution in [1.29, 1.82) is 0 Å². The number of rotatable bonds is 6. The normalized spacial score (nSPS) is 11.0. The highest BCUT2D eigenvalue weighted by atomic mass is 19.4. The first-order valence-corrected chi connectivity index (χ1v) is 10.5. The summed E-state index contributed by atoms with van der Waals surface area (Å²) in [5.41, 5.74) is 1.29. The van der Waals surface area contributed by atoms with Crippen LogP contribution in [-0.2, 0) is 12.7 Å². The third-order valence-electron chi connectivity index (χ3n) is 5.00. The Hall–Kier alpha value is -4.32. The van der Waals surface area contributed by atoms with Crippen molar-refractivity contribution in [2.45, 2.75) is 19.1 Å². The van der Waals surface area contributed by atoms with Gasteiger partial charge in [-0.3, -0.25) is 4.79 Å². The number of carbonyl (C=O) groups excluding carboxylic acids is 1. The summed E-state index contributed by atoms with van der Waals surface area (Å²) in [6, 6.07) is 11.5. The summed E-state index contributed by atoms with van der Waals surface area (Å²) in [7, 11) is 0. The van der Waals surface area contributed by atoms with Crippen LogP contribution in [0.15, 0.2) is 79.6 Å². The first-order chi connectivity index (χ1) is 16.4. The van der Waals surface area contributed by atoms with Gasteiger partial charge < -0.3 is 9.88 Å². The summed E-state index contributed by atoms with van der Waals surface area (Å²) in [6.07, 6.45) is 4.98. The lowest BCUT2D eigenvalue weighted by Gasteiger charge is -2.09. The predicted octanol–water partition coefficient (Wildman–Crippen LogP) is 4.31. The summed E-state index contributed by atoms with van der Waals surface area (Å²) in [5, 5.41) is 7.10. The van der Waals surface area contributed by atoms with Gasteiger partial charge in [-0.2, -0.15) is 18.3 Å². The average Bonchev–Trinajstić information content (AvgIpc) is 3.54. The minimum Gasteiger partial charge on any atom is -0.352 e. The second-order valence-electron chi connectivity index (χ2n) is 7.42. The van der Waals surface area contributed by atoms with Gasteiger partial charge in [0.1, 0.15) is 0 Å². The van der Waals surface area contributed by atoms with Crippen molar-refractivity contribution in [2.24, 2.45) is 0 Å². The molecule has 0 aliphatic carbocycles. The zero-order valence-electron chi connectivity index (χ0n) is 18.0. The molecule has 1 amide bonds. The maximum Gasteiger partial charge on any atom is 0.416 e. The maximum atomic E-state index is 12.8. The van der Waals surface area contributed by atoms with Gasteiger partial charge in [-0.05, 0) is 55.0 Å². The number of carbonyl (C=O) groups is 1. The average molecular weight is 463 g/mol. The summed E-state index contributed by atoms with van der Waals surface area (Å²) in [6.45, 7) is 1.23. The van der Waals surface area contributed by atoms with Crippen molar-refractivity contribution >= 4 is 5.91 Å². The lowest BCUT2D eigenvalue weighted by atomic mass is 10.1. The molecule has 9 heteroatoms. The van der Waals surface area contributed by atoms with Crippen LogP contribution < -0.4 is 5.32 Å². The summed E-state index contributed by atoms with van der Waals surface area (Å²) in [5.74, 6) is 5.61. The van der Waals surface area contributed by atoms with E-state index in [2.05, 4.69) is 27.2 Å². The molecule has 0 bridgehead atoms. The van der Waals surface area contributed by atoms with Crippen LogP contribution in [0.5, 0.6) is 0 Å². The molecule has 4 rings (SSSR count). The Labute approximate surface area is 194 Å². The third kappa shape index (κ3) is 5.72. The highest BCUT2D eigenvalue weighted by Crippen LogP contribution is 2.29. The van der Waals surface area contributed by atoms with Crippen LogP contribution >= 0.6 is 0 Å². The van der Waals surface area contributed by atoms with Crippen LogP contribution in [0.1, 0.15) is 33.5 Å². The largest absolute Gasteiger partial charge is 0.416 e. The van der Waals surface area contributed by atoms with Crippen molar-refractivity contribution in [3.05, 3.63) is 102 Å². The monoisotopic (exact) mass is 463 g/mol. The van der Waals surface area contributed by atoms with Crippen molar-refractivity contribution in [2.75, 3.05) is 6.54 Å². The maximum absolute atomic E-state index is 12.8. The van der Waals surface area contributed by atoms with Gasteiger partial charge in [0.2, 0.25) is 0 Å². The van der Waals surface area contributed by atoms with Gasteiger partial charge in [-0.25, -0.2) is 9.67 Å². The highest BCUT2D eigenvalue weighted by molar-refractivity contribution is 5.95. The van der Waals surface area contributed by atoms with E-state index in [0.717, 1.165) is 25.1 Å². The minimum absolute atomic E-state index is 0.241. The molecule has 6 nitrogen and oxygen atoms in total. The molecule has 0 aliphatic rings. The third-order valence-corrected chi connectivity index (χ3v) is 5.00. The lowest BCUT2D eigenvalue weighted by Crippen LogP contribution is -2.25. The molecule has 0 fully saturated rings. The van der Waals surface area contributed by atoms with E-state index in [1.165, 1.54) is 12.1 Å². The van der Waals surface area contributed by atoms with Crippen LogP contribution in [0.4, 0.5) is 13.2 Å². The van der Waals surface area contributed by atoms with Gasteiger partial charge in [0.15, 0.2) is 0 Å². The van der Waals surface area contributed by atoms with Crippen LogP contribution in [-0.4, -0.2) is 31.8 Å². The molecular formula is C25H20F3N5O. The lowest BCUT2D eigenvalue weighted by molar-refractivity contribution is -0.137. The number of halogens is 3. The summed E-state index contributed by atoms with van der Waals surface area (Å²) < 4.78 is 41.9. The predicted molar refractivity (Wildman–Crippen MR) is 120 cm³/mol. The van der Waals surface area contributed by atoms with Gasteiger partial charge in [0.05, 0.1) is 23.1 Å². The van der Waals surface area contributed by atoms with Crippen LogP contribution in [0.2, 0.25) is 0 Å². The smallest absolute Gasteiger partial charge is 0.352 e. The quantitative estimate of drug-likeness (QED) is 0.342. The SMILES string of the molecule is O=C(NCCCn1ccnc1)c1ccc(-n2cccn2)c(C#Cc2ccc(C(F)(F)F)cc2)c1. The summed E-state index contributed by atoms with van der Waals surface area (Å²) in [4.78, 5) is 16.6. The van der Waals surface area contributed by atoms with Gasteiger partial charge in [-0.15, -0.1) is 0 Å². The molecule has 172 valence electrons. The number of alkyl halides is 3. The van der Waals surface area contributed by atoms with E-state index in [4.69, 9.17) is 0 Å². The van der Waals surface area contributed by atoms with E-state index in [1.54, 1.807) is 53.9 Å². The Balaban J connectivity index is 1.52. The molecule has 0 atom stereocenters. The number of amides is 1. The van der Waals surface area contributed by atoms with E-state index in [-0.39, 0.29) is 5.91 Å². The number of hydrogen-bond acceptors (Lipinski definition) is 3. The molecule has 2 aromatic carbocycles. The first-order valence-electron chi connectivity index (χ1n) is 10.5. The molecule has 0 unspecified atom stereocenters. The number of aromatic nitrogens is 4. The van der Waals surface area contributed by atoms with Crippen LogP contribution in [0, 0.1) is 11.8 Å². The minimum atomic E-state index is -4.40. The number of nitrogens with zero attached hydrogens (tertiary/aromatic N) is 4. The van der Waals surface area contributed by atoms with E-state index in [1.807, 2.05) is 10.8 Å². The molecular weight excluding hydrogens is 443 g/mol. The van der Waals surface area contributed by atoms with Crippen molar-refractivity contribution in [3.8, 4) is 17.5 Å². The molecule has 0 spiro atoms. The van der Waals surface area contributed by atoms with Crippen molar-refractivity contribution in [1.82, 2.24) is 24.6 Å². The van der Waals surface area contributed by atoms with E-state index < -0.39 is 11.7 Å².